The van der Waals surface area contributed by atoms with E-state index in [1.165, 1.54) is 6.07 Å². The molecule has 8 heteroatoms. The van der Waals surface area contributed by atoms with Gasteiger partial charge in [0.25, 0.3) is 5.69 Å². The Morgan fingerprint density at radius 3 is 2.79 bits per heavy atom. The quantitative estimate of drug-likeness (QED) is 0.273. The third-order valence-corrected chi connectivity index (χ3v) is 3.02. The van der Waals surface area contributed by atoms with Crippen LogP contribution in [0.1, 0.15) is 26.0 Å². The van der Waals surface area contributed by atoms with E-state index in [9.17, 15) is 10.1 Å². The fourth-order valence-electron chi connectivity index (χ4n) is 1.52. The largest absolute Gasteiger partial charge is 0.409 e. The zero-order chi connectivity index (χ0) is 14.6. The fraction of sp³-hybridized carbons (Fsp3) is 0.455. The third-order valence-electron chi connectivity index (χ3n) is 3.02. The van der Waals surface area contributed by atoms with Gasteiger partial charge in [-0.25, -0.2) is 4.98 Å². The van der Waals surface area contributed by atoms with E-state index in [0.717, 1.165) is 6.42 Å². The predicted molar refractivity (Wildman–Crippen MR) is 71.6 cm³/mol. The van der Waals surface area contributed by atoms with Gasteiger partial charge in [0.15, 0.2) is 11.5 Å². The summed E-state index contributed by atoms with van der Waals surface area (Å²) in [6, 6.07) is 3.06. The molecule has 1 aromatic heterocycles. The first-order chi connectivity index (χ1) is 8.92. The highest BCUT2D eigenvalue weighted by Crippen LogP contribution is 2.22. The maximum absolute atomic E-state index is 10.9. The first-order valence-corrected chi connectivity index (χ1v) is 5.78. The first kappa shape index (κ1) is 14.7. The molecule has 0 saturated carbocycles. The lowest BCUT2D eigenvalue weighted by Gasteiger charge is -2.25. The van der Waals surface area contributed by atoms with E-state index in [4.69, 9.17) is 10.9 Å². The molecule has 1 aromatic rings. The molecule has 0 aliphatic heterocycles. The van der Waals surface area contributed by atoms with Crippen LogP contribution in [0.15, 0.2) is 17.3 Å². The molecule has 104 valence electrons. The van der Waals surface area contributed by atoms with Crippen LogP contribution in [-0.2, 0) is 0 Å². The van der Waals surface area contributed by atoms with Crippen LogP contribution in [0.25, 0.3) is 0 Å². The first-order valence-electron chi connectivity index (χ1n) is 5.78. The number of hydrogen-bond acceptors (Lipinski definition) is 6. The molecule has 0 amide bonds. The number of nitro groups is 1. The summed E-state index contributed by atoms with van der Waals surface area (Å²) in [5.74, 6) is 0.146. The highest BCUT2D eigenvalue weighted by Gasteiger charge is 2.21. The van der Waals surface area contributed by atoms with Crippen molar-refractivity contribution in [1.82, 2.24) is 4.98 Å². The van der Waals surface area contributed by atoms with Crippen LogP contribution < -0.4 is 10.6 Å². The standard InChI is InChI=1S/C11H17N5O3/c1-4-7(2)15(3)9-6-5-8(16(18)19)10(13-9)11(12)14-17/h5-7,17H,4H2,1-3H3,(H2,12,14). The van der Waals surface area contributed by atoms with Crippen molar-refractivity contribution in [3.05, 3.63) is 27.9 Å². The van der Waals surface area contributed by atoms with Crippen molar-refractivity contribution in [2.75, 3.05) is 11.9 Å². The summed E-state index contributed by atoms with van der Waals surface area (Å²) in [6.07, 6.45) is 0.897. The predicted octanol–water partition coefficient (Wildman–Crippen LogP) is 1.32. The molecule has 1 unspecified atom stereocenters. The van der Waals surface area contributed by atoms with Crippen molar-refractivity contribution in [2.24, 2.45) is 10.9 Å². The Labute approximate surface area is 110 Å². The van der Waals surface area contributed by atoms with Gasteiger partial charge in [-0.15, -0.1) is 0 Å². The lowest BCUT2D eigenvalue weighted by atomic mass is 10.2. The Morgan fingerprint density at radius 2 is 2.32 bits per heavy atom. The Kier molecular flexibility index (Phi) is 4.62. The molecule has 0 bridgehead atoms. The summed E-state index contributed by atoms with van der Waals surface area (Å²) < 4.78 is 0. The van der Waals surface area contributed by atoms with Crippen LogP contribution in [0.4, 0.5) is 11.5 Å². The van der Waals surface area contributed by atoms with E-state index >= 15 is 0 Å². The summed E-state index contributed by atoms with van der Waals surface area (Å²) >= 11 is 0. The van der Waals surface area contributed by atoms with Gasteiger partial charge in [0.2, 0.25) is 0 Å². The van der Waals surface area contributed by atoms with Gasteiger partial charge in [-0.2, -0.15) is 0 Å². The number of aromatic nitrogens is 1. The molecule has 1 rings (SSSR count). The van der Waals surface area contributed by atoms with Gasteiger partial charge in [0, 0.05) is 19.2 Å². The van der Waals surface area contributed by atoms with Gasteiger partial charge in [0.1, 0.15) is 5.82 Å². The van der Waals surface area contributed by atoms with Crippen molar-refractivity contribution >= 4 is 17.3 Å². The molecule has 8 nitrogen and oxygen atoms in total. The minimum Gasteiger partial charge on any atom is -0.409 e. The molecule has 3 N–H and O–H groups in total. The molecular weight excluding hydrogens is 250 g/mol. The van der Waals surface area contributed by atoms with E-state index in [1.807, 2.05) is 25.8 Å². The van der Waals surface area contributed by atoms with Crippen LogP contribution in [0, 0.1) is 10.1 Å². The molecule has 0 radical (unpaired) electrons. The Bertz CT molecular complexity index is 503. The minimum atomic E-state index is -0.618. The number of pyridine rings is 1. The number of amidine groups is 1. The molecule has 1 atom stereocenters. The number of oxime groups is 1. The average molecular weight is 267 g/mol. The molecule has 0 spiro atoms. The van der Waals surface area contributed by atoms with Crippen LogP contribution in [0.3, 0.4) is 0 Å². The van der Waals surface area contributed by atoms with Crippen molar-refractivity contribution in [2.45, 2.75) is 26.3 Å². The molecule has 0 aliphatic carbocycles. The average Bonchev–Trinajstić information content (AvgIpc) is 2.43. The van der Waals surface area contributed by atoms with Gasteiger partial charge in [0.05, 0.1) is 4.92 Å². The summed E-state index contributed by atoms with van der Waals surface area (Å²) in [6.45, 7) is 4.03. The Morgan fingerprint density at radius 1 is 1.68 bits per heavy atom. The summed E-state index contributed by atoms with van der Waals surface area (Å²) in [5.41, 5.74) is 4.99. The van der Waals surface area contributed by atoms with Crippen molar-refractivity contribution in [3.63, 3.8) is 0 Å². The molecule has 0 fully saturated rings. The van der Waals surface area contributed by atoms with Crippen LogP contribution >= 0.6 is 0 Å². The number of rotatable bonds is 5. The molecule has 1 heterocycles. The number of hydrogen-bond donors (Lipinski definition) is 2. The zero-order valence-corrected chi connectivity index (χ0v) is 11.1. The monoisotopic (exact) mass is 267 g/mol. The molecule has 0 aliphatic rings. The highest BCUT2D eigenvalue weighted by molar-refractivity contribution is 5.99. The van der Waals surface area contributed by atoms with E-state index in [0.29, 0.717) is 5.82 Å². The van der Waals surface area contributed by atoms with Crippen molar-refractivity contribution in [1.29, 1.82) is 0 Å². The maximum atomic E-state index is 10.9. The normalized spacial score (nSPS) is 13.1. The second-order valence-corrected chi connectivity index (χ2v) is 4.15. The topological polar surface area (TPSA) is 118 Å². The lowest BCUT2D eigenvalue weighted by molar-refractivity contribution is -0.385. The van der Waals surface area contributed by atoms with Crippen LogP contribution in [0.5, 0.6) is 0 Å². The van der Waals surface area contributed by atoms with Gasteiger partial charge in [-0.05, 0) is 19.4 Å². The summed E-state index contributed by atoms with van der Waals surface area (Å²) in [5, 5.41) is 22.3. The Balaban J connectivity index is 3.30. The van der Waals surface area contributed by atoms with Gasteiger partial charge >= 0.3 is 0 Å². The van der Waals surface area contributed by atoms with Crippen molar-refractivity contribution in [3.8, 4) is 0 Å². The second-order valence-electron chi connectivity index (χ2n) is 4.15. The van der Waals surface area contributed by atoms with Gasteiger partial charge in [-0.1, -0.05) is 12.1 Å². The van der Waals surface area contributed by atoms with Crippen molar-refractivity contribution < 1.29 is 10.1 Å². The van der Waals surface area contributed by atoms with Crippen LogP contribution in [-0.4, -0.2) is 34.0 Å². The maximum Gasteiger partial charge on any atom is 0.298 e. The van der Waals surface area contributed by atoms with E-state index in [-0.39, 0.29) is 23.3 Å². The SMILES string of the molecule is CCC(C)N(C)c1ccc([N+](=O)[O-])c(/C(N)=N/O)n1. The van der Waals surface area contributed by atoms with E-state index in [2.05, 4.69) is 10.1 Å². The molecular formula is C11H17N5O3. The zero-order valence-electron chi connectivity index (χ0n) is 11.1. The number of nitrogens with two attached hydrogens (primary N) is 1. The smallest absolute Gasteiger partial charge is 0.298 e. The molecule has 0 aromatic carbocycles. The number of anilines is 1. The van der Waals surface area contributed by atoms with E-state index < -0.39 is 4.92 Å². The second kappa shape index (κ2) is 5.98. The summed E-state index contributed by atoms with van der Waals surface area (Å²) in [4.78, 5) is 16.2. The van der Waals surface area contributed by atoms with E-state index in [1.54, 1.807) is 6.07 Å². The van der Waals surface area contributed by atoms with Gasteiger partial charge in [-0.3, -0.25) is 10.1 Å². The highest BCUT2D eigenvalue weighted by atomic mass is 16.6. The number of nitrogens with zero attached hydrogens (tertiary/aromatic N) is 4. The van der Waals surface area contributed by atoms with Crippen LogP contribution in [0.2, 0.25) is 0 Å². The Hall–Kier alpha value is -2.38. The van der Waals surface area contributed by atoms with Gasteiger partial charge < -0.3 is 15.8 Å². The lowest BCUT2D eigenvalue weighted by Crippen LogP contribution is -2.29. The fourth-order valence-corrected chi connectivity index (χ4v) is 1.52. The summed E-state index contributed by atoms with van der Waals surface area (Å²) in [7, 11) is 1.83. The molecule has 0 saturated heterocycles. The third kappa shape index (κ3) is 3.09. The minimum absolute atomic E-state index is 0.139. The molecule has 19 heavy (non-hydrogen) atoms.